The Labute approximate surface area is 126 Å². The highest BCUT2D eigenvalue weighted by Gasteiger charge is 2.50. The summed E-state index contributed by atoms with van der Waals surface area (Å²) in [6, 6.07) is 9.60. The molecule has 0 spiro atoms. The lowest BCUT2D eigenvalue weighted by Gasteiger charge is -2.37. The minimum atomic E-state index is -0.729. The van der Waals surface area contributed by atoms with E-state index in [1.54, 1.807) is 0 Å². The van der Waals surface area contributed by atoms with Gasteiger partial charge in [0.25, 0.3) is 0 Å². The average Bonchev–Trinajstić information content (AvgIpc) is 3.00. The molecule has 3 atom stereocenters. The van der Waals surface area contributed by atoms with Gasteiger partial charge in [-0.25, -0.2) is 0 Å². The van der Waals surface area contributed by atoms with Gasteiger partial charge in [0.05, 0.1) is 5.92 Å². The molecule has 3 unspecified atom stereocenters. The lowest BCUT2D eigenvalue weighted by Crippen LogP contribution is -2.46. The first-order valence-corrected chi connectivity index (χ1v) is 7.73. The number of nitrogens with one attached hydrogen (secondary N) is 1. The largest absolute Gasteiger partial charge is 0.481 e. The Hall–Kier alpha value is -1.39. The van der Waals surface area contributed by atoms with Gasteiger partial charge >= 0.3 is 5.97 Å². The molecule has 0 saturated carbocycles. The van der Waals surface area contributed by atoms with Crippen LogP contribution in [0.2, 0.25) is 0 Å². The number of fused-ring (bicyclic) bond motifs is 1. The Bertz CT molecular complexity index is 515. The summed E-state index contributed by atoms with van der Waals surface area (Å²) in [4.78, 5) is 14.1. The van der Waals surface area contributed by atoms with Crippen LogP contribution in [0.4, 0.5) is 0 Å². The van der Waals surface area contributed by atoms with Crippen LogP contribution in [0.5, 0.6) is 0 Å². The van der Waals surface area contributed by atoms with E-state index in [9.17, 15) is 9.90 Å². The smallest absolute Gasteiger partial charge is 0.312 e. The van der Waals surface area contributed by atoms with Gasteiger partial charge in [-0.05, 0) is 37.8 Å². The SMILES string of the molecule is CC1(C)C2CNCC2CN1CC(C(=O)O)c1ccccc1. The molecule has 0 aromatic heterocycles. The highest BCUT2D eigenvalue weighted by atomic mass is 16.4. The van der Waals surface area contributed by atoms with Crippen LogP contribution in [-0.2, 0) is 4.79 Å². The number of carbonyl (C=O) groups is 1. The van der Waals surface area contributed by atoms with E-state index < -0.39 is 11.9 Å². The third kappa shape index (κ3) is 2.58. The van der Waals surface area contributed by atoms with Crippen LogP contribution < -0.4 is 5.32 Å². The lowest BCUT2D eigenvalue weighted by molar-refractivity contribution is -0.139. The van der Waals surface area contributed by atoms with E-state index in [-0.39, 0.29) is 5.54 Å². The highest BCUT2D eigenvalue weighted by molar-refractivity contribution is 5.76. The molecule has 21 heavy (non-hydrogen) atoms. The zero-order valence-electron chi connectivity index (χ0n) is 12.7. The molecule has 0 bridgehead atoms. The molecule has 1 aromatic carbocycles. The number of nitrogens with zero attached hydrogens (tertiary/aromatic N) is 1. The zero-order chi connectivity index (χ0) is 15.0. The highest BCUT2D eigenvalue weighted by Crippen LogP contribution is 2.41. The summed E-state index contributed by atoms with van der Waals surface area (Å²) in [6.45, 7) is 8.23. The van der Waals surface area contributed by atoms with Gasteiger partial charge in [-0.2, -0.15) is 0 Å². The number of aliphatic carboxylic acids is 1. The Morgan fingerprint density at radius 1 is 1.38 bits per heavy atom. The van der Waals surface area contributed by atoms with Gasteiger partial charge in [0.1, 0.15) is 0 Å². The number of hydrogen-bond donors (Lipinski definition) is 2. The van der Waals surface area contributed by atoms with Crippen molar-refractivity contribution in [2.45, 2.75) is 25.3 Å². The van der Waals surface area contributed by atoms with E-state index in [2.05, 4.69) is 24.1 Å². The Morgan fingerprint density at radius 3 is 2.71 bits per heavy atom. The minimum absolute atomic E-state index is 0.0661. The van der Waals surface area contributed by atoms with Crippen molar-refractivity contribution < 1.29 is 9.90 Å². The maximum atomic E-state index is 11.7. The maximum Gasteiger partial charge on any atom is 0.312 e. The van der Waals surface area contributed by atoms with Crippen molar-refractivity contribution in [3.63, 3.8) is 0 Å². The normalized spacial score (nSPS) is 29.2. The van der Waals surface area contributed by atoms with E-state index in [1.165, 1.54) is 0 Å². The maximum absolute atomic E-state index is 11.7. The van der Waals surface area contributed by atoms with Gasteiger partial charge in [-0.15, -0.1) is 0 Å². The first-order chi connectivity index (χ1) is 10.00. The molecule has 2 aliphatic rings. The predicted octanol–water partition coefficient (Wildman–Crippen LogP) is 1.78. The Morgan fingerprint density at radius 2 is 2.10 bits per heavy atom. The predicted molar refractivity (Wildman–Crippen MR) is 82.3 cm³/mol. The molecule has 2 fully saturated rings. The van der Waals surface area contributed by atoms with Gasteiger partial charge in [0, 0.05) is 25.2 Å². The van der Waals surface area contributed by atoms with Crippen molar-refractivity contribution in [2.24, 2.45) is 11.8 Å². The number of carboxylic acid groups (broad SMARTS) is 1. The minimum Gasteiger partial charge on any atom is -0.481 e. The number of hydrogen-bond acceptors (Lipinski definition) is 3. The molecule has 3 rings (SSSR count). The molecule has 0 aliphatic carbocycles. The molecule has 114 valence electrons. The van der Waals surface area contributed by atoms with Gasteiger partial charge < -0.3 is 10.4 Å². The Kier molecular flexibility index (Phi) is 3.76. The van der Waals surface area contributed by atoms with Crippen LogP contribution in [0.3, 0.4) is 0 Å². The van der Waals surface area contributed by atoms with Crippen molar-refractivity contribution in [3.8, 4) is 0 Å². The lowest BCUT2D eigenvalue weighted by atomic mass is 9.84. The molecule has 2 N–H and O–H groups in total. The molecule has 2 aliphatic heterocycles. The summed E-state index contributed by atoms with van der Waals surface area (Å²) in [6.07, 6.45) is 0. The van der Waals surface area contributed by atoms with Crippen LogP contribution in [0, 0.1) is 11.8 Å². The van der Waals surface area contributed by atoms with Crippen LogP contribution >= 0.6 is 0 Å². The van der Waals surface area contributed by atoms with Gasteiger partial charge in [0.2, 0.25) is 0 Å². The fraction of sp³-hybridized carbons (Fsp3) is 0.588. The van der Waals surface area contributed by atoms with Crippen molar-refractivity contribution in [1.29, 1.82) is 0 Å². The molecular weight excluding hydrogens is 264 g/mol. The van der Waals surface area contributed by atoms with Gasteiger partial charge in [0.15, 0.2) is 0 Å². The molecule has 1 aromatic rings. The Balaban J connectivity index is 1.79. The van der Waals surface area contributed by atoms with Crippen LogP contribution in [0.1, 0.15) is 25.3 Å². The van der Waals surface area contributed by atoms with Gasteiger partial charge in [-0.1, -0.05) is 30.3 Å². The van der Waals surface area contributed by atoms with Crippen molar-refractivity contribution in [1.82, 2.24) is 10.2 Å². The zero-order valence-corrected chi connectivity index (χ0v) is 12.7. The molecule has 0 radical (unpaired) electrons. The summed E-state index contributed by atoms with van der Waals surface area (Å²) in [5, 5.41) is 13.1. The van der Waals surface area contributed by atoms with Crippen LogP contribution in [0.15, 0.2) is 30.3 Å². The van der Waals surface area contributed by atoms with E-state index in [0.29, 0.717) is 18.4 Å². The number of benzene rings is 1. The molecule has 4 nitrogen and oxygen atoms in total. The second-order valence-corrected chi connectivity index (χ2v) is 6.88. The van der Waals surface area contributed by atoms with Crippen LogP contribution in [0.25, 0.3) is 0 Å². The van der Waals surface area contributed by atoms with E-state index in [4.69, 9.17) is 0 Å². The fourth-order valence-electron chi connectivity index (χ4n) is 4.05. The number of rotatable bonds is 4. The molecule has 0 amide bonds. The van der Waals surface area contributed by atoms with Crippen molar-refractivity contribution in [3.05, 3.63) is 35.9 Å². The summed E-state index contributed by atoms with van der Waals surface area (Å²) < 4.78 is 0. The number of carboxylic acids is 1. The topological polar surface area (TPSA) is 52.6 Å². The molecule has 2 saturated heterocycles. The van der Waals surface area contributed by atoms with E-state index >= 15 is 0 Å². The number of likely N-dealkylation sites (tertiary alicyclic amines) is 1. The fourth-order valence-corrected chi connectivity index (χ4v) is 4.05. The average molecular weight is 288 g/mol. The quantitative estimate of drug-likeness (QED) is 0.887. The summed E-state index contributed by atoms with van der Waals surface area (Å²) in [5.41, 5.74) is 0.965. The van der Waals surface area contributed by atoms with Gasteiger partial charge in [-0.3, -0.25) is 9.69 Å². The third-order valence-corrected chi connectivity index (χ3v) is 5.42. The molecular formula is C17H24N2O2. The first-order valence-electron chi connectivity index (χ1n) is 7.73. The summed E-state index contributed by atoms with van der Waals surface area (Å²) in [5.74, 6) is 0.109. The monoisotopic (exact) mass is 288 g/mol. The third-order valence-electron chi connectivity index (χ3n) is 5.42. The van der Waals surface area contributed by atoms with E-state index in [1.807, 2.05) is 30.3 Å². The second-order valence-electron chi connectivity index (χ2n) is 6.88. The van der Waals surface area contributed by atoms with Crippen molar-refractivity contribution in [2.75, 3.05) is 26.2 Å². The van der Waals surface area contributed by atoms with Crippen LogP contribution in [-0.4, -0.2) is 47.7 Å². The molecule has 2 heterocycles. The first kappa shape index (κ1) is 14.5. The van der Waals surface area contributed by atoms with E-state index in [0.717, 1.165) is 25.2 Å². The molecule has 4 heteroatoms. The summed E-state index contributed by atoms with van der Waals surface area (Å²) >= 11 is 0. The summed E-state index contributed by atoms with van der Waals surface area (Å²) in [7, 11) is 0. The second kappa shape index (κ2) is 5.43. The van der Waals surface area contributed by atoms with Crippen molar-refractivity contribution >= 4 is 5.97 Å². The standard InChI is InChI=1S/C17H24N2O2/c1-17(2)15-9-18-8-13(15)10-19(17)11-14(16(20)21)12-6-4-3-5-7-12/h3-7,13-15,18H,8-11H2,1-2H3,(H,20,21).